The Morgan fingerprint density at radius 3 is 3.08 bits per heavy atom. The standard InChI is InChI=1S/C9H14N2O2/c1-13-6-5-10-7-8-3-2-4-9(12)11-8/h2-4,10H,5-7H2,1H3,(H,11,12). The number of aromatic nitrogens is 1. The van der Waals surface area contributed by atoms with E-state index in [0.717, 1.165) is 12.2 Å². The number of H-pyrrole nitrogens is 1. The molecule has 0 spiro atoms. The second-order valence-electron chi connectivity index (χ2n) is 2.71. The van der Waals surface area contributed by atoms with Crippen LogP contribution in [0.15, 0.2) is 23.0 Å². The van der Waals surface area contributed by atoms with E-state index in [-0.39, 0.29) is 5.56 Å². The maximum absolute atomic E-state index is 10.9. The van der Waals surface area contributed by atoms with Crippen LogP contribution in [0, 0.1) is 0 Å². The van der Waals surface area contributed by atoms with Gasteiger partial charge in [-0.05, 0) is 6.07 Å². The van der Waals surface area contributed by atoms with Gasteiger partial charge in [0.2, 0.25) is 5.56 Å². The van der Waals surface area contributed by atoms with Crippen molar-refractivity contribution in [2.24, 2.45) is 0 Å². The van der Waals surface area contributed by atoms with Crippen molar-refractivity contribution >= 4 is 0 Å². The summed E-state index contributed by atoms with van der Waals surface area (Å²) in [6.07, 6.45) is 0. The molecule has 1 aromatic rings. The lowest BCUT2D eigenvalue weighted by molar-refractivity contribution is 0.199. The first-order valence-electron chi connectivity index (χ1n) is 4.21. The fraction of sp³-hybridized carbons (Fsp3) is 0.444. The lowest BCUT2D eigenvalue weighted by atomic mass is 10.3. The molecule has 4 heteroatoms. The second-order valence-corrected chi connectivity index (χ2v) is 2.71. The van der Waals surface area contributed by atoms with E-state index in [9.17, 15) is 4.79 Å². The van der Waals surface area contributed by atoms with E-state index in [0.29, 0.717) is 13.2 Å². The summed E-state index contributed by atoms with van der Waals surface area (Å²) in [6.45, 7) is 2.13. The van der Waals surface area contributed by atoms with Crippen LogP contribution in [-0.4, -0.2) is 25.2 Å². The molecule has 72 valence electrons. The van der Waals surface area contributed by atoms with E-state index < -0.39 is 0 Å². The van der Waals surface area contributed by atoms with Gasteiger partial charge in [0.25, 0.3) is 0 Å². The molecule has 0 saturated carbocycles. The van der Waals surface area contributed by atoms with Crippen molar-refractivity contribution in [1.82, 2.24) is 10.3 Å². The van der Waals surface area contributed by atoms with Gasteiger partial charge in [-0.15, -0.1) is 0 Å². The van der Waals surface area contributed by atoms with Gasteiger partial charge in [-0.25, -0.2) is 0 Å². The Morgan fingerprint density at radius 2 is 2.38 bits per heavy atom. The highest BCUT2D eigenvalue weighted by atomic mass is 16.5. The van der Waals surface area contributed by atoms with Crippen LogP contribution < -0.4 is 10.9 Å². The van der Waals surface area contributed by atoms with Crippen molar-refractivity contribution in [2.45, 2.75) is 6.54 Å². The molecule has 0 atom stereocenters. The summed E-state index contributed by atoms with van der Waals surface area (Å²) in [4.78, 5) is 13.6. The van der Waals surface area contributed by atoms with E-state index >= 15 is 0 Å². The number of pyridine rings is 1. The first-order chi connectivity index (χ1) is 6.33. The smallest absolute Gasteiger partial charge is 0.248 e. The number of aromatic amines is 1. The second kappa shape index (κ2) is 5.50. The van der Waals surface area contributed by atoms with Gasteiger partial charge in [0.15, 0.2) is 0 Å². The molecule has 1 rings (SSSR count). The number of methoxy groups -OCH3 is 1. The van der Waals surface area contributed by atoms with Crippen LogP contribution in [0.1, 0.15) is 5.69 Å². The molecule has 1 aromatic heterocycles. The molecule has 0 aliphatic rings. The molecule has 13 heavy (non-hydrogen) atoms. The number of hydrogen-bond acceptors (Lipinski definition) is 3. The molecule has 4 nitrogen and oxygen atoms in total. The molecular formula is C9H14N2O2. The lowest BCUT2D eigenvalue weighted by Gasteiger charge is -2.02. The van der Waals surface area contributed by atoms with Gasteiger partial charge >= 0.3 is 0 Å². The largest absolute Gasteiger partial charge is 0.383 e. The minimum absolute atomic E-state index is 0.0639. The predicted molar refractivity (Wildman–Crippen MR) is 50.6 cm³/mol. The van der Waals surface area contributed by atoms with Crippen LogP contribution in [0.2, 0.25) is 0 Å². The predicted octanol–water partition coefficient (Wildman–Crippen LogP) is 0.111. The maximum atomic E-state index is 10.9. The zero-order valence-electron chi connectivity index (χ0n) is 7.67. The molecule has 0 fully saturated rings. The van der Waals surface area contributed by atoms with Crippen LogP contribution >= 0.6 is 0 Å². The van der Waals surface area contributed by atoms with Gasteiger partial charge in [-0.1, -0.05) is 6.07 Å². The maximum Gasteiger partial charge on any atom is 0.248 e. The average molecular weight is 182 g/mol. The van der Waals surface area contributed by atoms with Gasteiger partial charge in [0.05, 0.1) is 6.61 Å². The summed E-state index contributed by atoms with van der Waals surface area (Å²) in [5.41, 5.74) is 0.828. The van der Waals surface area contributed by atoms with E-state index in [1.165, 1.54) is 6.07 Å². The molecule has 0 aromatic carbocycles. The van der Waals surface area contributed by atoms with Crippen LogP contribution in [0.25, 0.3) is 0 Å². The third-order valence-electron chi connectivity index (χ3n) is 1.63. The Bertz CT molecular complexity index is 296. The highest BCUT2D eigenvalue weighted by molar-refractivity contribution is 5.03. The number of nitrogens with one attached hydrogen (secondary N) is 2. The first-order valence-corrected chi connectivity index (χ1v) is 4.21. The zero-order chi connectivity index (χ0) is 9.52. The normalized spacial score (nSPS) is 10.2. The van der Waals surface area contributed by atoms with Crippen LogP contribution in [0.3, 0.4) is 0 Å². The molecule has 0 bridgehead atoms. The Labute approximate surface area is 76.9 Å². The highest BCUT2D eigenvalue weighted by Crippen LogP contribution is 1.87. The van der Waals surface area contributed by atoms with Crippen LogP contribution in [-0.2, 0) is 11.3 Å². The van der Waals surface area contributed by atoms with Gasteiger partial charge in [0.1, 0.15) is 0 Å². The molecule has 1 heterocycles. The van der Waals surface area contributed by atoms with Gasteiger partial charge < -0.3 is 15.0 Å². The lowest BCUT2D eigenvalue weighted by Crippen LogP contribution is -2.20. The third kappa shape index (κ3) is 3.87. The van der Waals surface area contributed by atoms with Crippen molar-refractivity contribution in [1.29, 1.82) is 0 Å². The summed E-state index contributed by atoms with van der Waals surface area (Å²) >= 11 is 0. The van der Waals surface area contributed by atoms with Crippen molar-refractivity contribution in [3.8, 4) is 0 Å². The molecular weight excluding hydrogens is 168 g/mol. The van der Waals surface area contributed by atoms with Gasteiger partial charge in [-0.2, -0.15) is 0 Å². The molecule has 0 saturated heterocycles. The number of rotatable bonds is 5. The number of hydrogen-bond donors (Lipinski definition) is 2. The molecule has 0 amide bonds. The van der Waals surface area contributed by atoms with E-state index in [1.807, 2.05) is 6.07 Å². The number of ether oxygens (including phenoxy) is 1. The molecule has 0 aliphatic heterocycles. The molecule has 0 unspecified atom stereocenters. The van der Waals surface area contributed by atoms with Crippen molar-refractivity contribution < 1.29 is 4.74 Å². The minimum Gasteiger partial charge on any atom is -0.383 e. The summed E-state index contributed by atoms with van der Waals surface area (Å²) in [5, 5.41) is 3.13. The van der Waals surface area contributed by atoms with Crippen LogP contribution in [0.5, 0.6) is 0 Å². The first kappa shape index (κ1) is 9.95. The van der Waals surface area contributed by atoms with E-state index in [4.69, 9.17) is 4.74 Å². The van der Waals surface area contributed by atoms with Gasteiger partial charge in [-0.3, -0.25) is 4.79 Å². The van der Waals surface area contributed by atoms with Crippen molar-refractivity contribution in [3.63, 3.8) is 0 Å². The average Bonchev–Trinajstić information content (AvgIpc) is 2.13. The Morgan fingerprint density at radius 1 is 1.54 bits per heavy atom. The monoisotopic (exact) mass is 182 g/mol. The topological polar surface area (TPSA) is 54.1 Å². The third-order valence-corrected chi connectivity index (χ3v) is 1.63. The summed E-state index contributed by atoms with van der Waals surface area (Å²) < 4.78 is 4.87. The van der Waals surface area contributed by atoms with E-state index in [1.54, 1.807) is 13.2 Å². The van der Waals surface area contributed by atoms with Crippen molar-refractivity contribution in [2.75, 3.05) is 20.3 Å². The minimum atomic E-state index is -0.0639. The summed E-state index contributed by atoms with van der Waals surface area (Å²) in [6, 6.07) is 5.12. The molecule has 2 N–H and O–H groups in total. The fourth-order valence-electron chi connectivity index (χ4n) is 0.994. The SMILES string of the molecule is COCCNCc1cccc(=O)[nH]1. The van der Waals surface area contributed by atoms with E-state index in [2.05, 4.69) is 10.3 Å². The Kier molecular flexibility index (Phi) is 4.21. The summed E-state index contributed by atoms with van der Waals surface area (Å²) in [7, 11) is 1.66. The molecule has 0 aliphatic carbocycles. The Balaban J connectivity index is 2.33. The van der Waals surface area contributed by atoms with Crippen LogP contribution in [0.4, 0.5) is 0 Å². The zero-order valence-corrected chi connectivity index (χ0v) is 7.67. The Hall–Kier alpha value is -1.13. The summed E-state index contributed by atoms with van der Waals surface area (Å²) in [5.74, 6) is 0. The van der Waals surface area contributed by atoms with Gasteiger partial charge in [0, 0.05) is 32.0 Å². The quantitative estimate of drug-likeness (QED) is 0.635. The van der Waals surface area contributed by atoms with Crippen molar-refractivity contribution in [3.05, 3.63) is 34.2 Å². The molecule has 0 radical (unpaired) electrons. The fourth-order valence-corrected chi connectivity index (χ4v) is 0.994. The highest BCUT2D eigenvalue weighted by Gasteiger charge is 1.91.